The lowest BCUT2D eigenvalue weighted by Gasteiger charge is -2.62. The first-order valence-electron chi connectivity index (χ1n) is 7.32. The summed E-state index contributed by atoms with van der Waals surface area (Å²) >= 11 is 0. The van der Waals surface area contributed by atoms with Gasteiger partial charge in [0.2, 0.25) is 0 Å². The smallest absolute Gasteiger partial charge is 0.00957 e. The summed E-state index contributed by atoms with van der Waals surface area (Å²) in [5.41, 5.74) is 0. The molecule has 92 valence electrons. The summed E-state index contributed by atoms with van der Waals surface area (Å²) in [7, 11) is 0. The summed E-state index contributed by atoms with van der Waals surface area (Å²) in [5, 5.41) is 0. The van der Waals surface area contributed by atoms with E-state index in [9.17, 15) is 0 Å². The minimum Gasteiger partial charge on any atom is -0.124 e. The molecule has 4 unspecified atom stereocenters. The Balaban J connectivity index is 0.0000000866. The van der Waals surface area contributed by atoms with Gasteiger partial charge in [0.1, 0.15) is 0 Å². The van der Waals surface area contributed by atoms with Crippen LogP contribution in [0.1, 0.15) is 12.8 Å². The zero-order chi connectivity index (χ0) is 12.3. The minimum atomic E-state index is 0.977. The largest absolute Gasteiger partial charge is 0.124 e. The molecule has 4 atom stereocenters. The van der Waals surface area contributed by atoms with E-state index in [-0.39, 0.29) is 0 Å². The van der Waals surface area contributed by atoms with E-state index in [2.05, 4.69) is 49.3 Å². The molecule has 0 nitrogen and oxygen atoms in total. The fourth-order valence-electron chi connectivity index (χ4n) is 4.72. The number of terminal acetylenes is 1. The number of hydrogen-bond donors (Lipinski definition) is 0. The van der Waals surface area contributed by atoms with Crippen molar-refractivity contribution >= 4 is 0 Å². The fourth-order valence-corrected chi connectivity index (χ4v) is 4.72. The fraction of sp³-hybridized carbons (Fsp3) is 0.556. The van der Waals surface area contributed by atoms with E-state index in [1.165, 1.54) is 12.8 Å². The molecule has 18 heavy (non-hydrogen) atoms. The Bertz CT molecular complexity index is 393. The van der Waals surface area contributed by atoms with Gasteiger partial charge in [-0.05, 0) is 60.2 Å². The first kappa shape index (κ1) is 10.7. The first-order valence-corrected chi connectivity index (χ1v) is 7.32. The molecule has 0 aromatic carbocycles. The van der Waals surface area contributed by atoms with Crippen molar-refractivity contribution in [1.29, 1.82) is 0 Å². The van der Waals surface area contributed by atoms with Gasteiger partial charge in [-0.1, -0.05) is 36.5 Å². The molecule has 6 rings (SSSR count). The van der Waals surface area contributed by atoms with Crippen LogP contribution in [0.25, 0.3) is 0 Å². The second kappa shape index (κ2) is 3.64. The Hall–Kier alpha value is -1.22. The van der Waals surface area contributed by atoms with E-state index in [0.717, 1.165) is 47.3 Å². The summed E-state index contributed by atoms with van der Waals surface area (Å²) in [5.74, 6) is 8.35. The normalized spacial score (nSPS) is 56.1. The van der Waals surface area contributed by atoms with Gasteiger partial charge in [-0.25, -0.2) is 0 Å². The van der Waals surface area contributed by atoms with Crippen LogP contribution in [0, 0.1) is 60.2 Å². The van der Waals surface area contributed by atoms with Crippen molar-refractivity contribution in [1.82, 2.24) is 0 Å². The van der Waals surface area contributed by atoms with Crippen LogP contribution < -0.4 is 0 Å². The molecule has 6 aliphatic rings. The van der Waals surface area contributed by atoms with Crippen LogP contribution in [-0.2, 0) is 0 Å². The van der Waals surface area contributed by atoms with Crippen molar-refractivity contribution in [2.75, 3.05) is 0 Å². The maximum absolute atomic E-state index is 4.00. The highest BCUT2D eigenvalue weighted by molar-refractivity contribution is 5.34. The van der Waals surface area contributed by atoms with Crippen LogP contribution >= 0.6 is 0 Å². The van der Waals surface area contributed by atoms with Crippen molar-refractivity contribution in [3.8, 4) is 12.8 Å². The van der Waals surface area contributed by atoms with Gasteiger partial charge in [0.15, 0.2) is 0 Å². The van der Waals surface area contributed by atoms with Gasteiger partial charge in [0.25, 0.3) is 0 Å². The van der Waals surface area contributed by atoms with Gasteiger partial charge in [-0.3, -0.25) is 0 Å². The molecule has 0 heterocycles. The van der Waals surface area contributed by atoms with Crippen LogP contribution in [0.4, 0.5) is 0 Å². The third kappa shape index (κ3) is 1.09. The molecule has 0 saturated heterocycles. The average Bonchev–Trinajstić information content (AvgIpc) is 2.34. The van der Waals surface area contributed by atoms with Gasteiger partial charge in [0, 0.05) is 0 Å². The Morgan fingerprint density at radius 3 is 0.889 bits per heavy atom. The highest BCUT2D eigenvalue weighted by atomic mass is 14.6. The molecule has 0 aromatic heterocycles. The van der Waals surface area contributed by atoms with Gasteiger partial charge in [0.05, 0.1) is 0 Å². The van der Waals surface area contributed by atoms with E-state index >= 15 is 0 Å². The van der Waals surface area contributed by atoms with E-state index in [0.29, 0.717) is 0 Å². The number of fused-ring (bicyclic) bond motifs is 8. The highest BCUT2D eigenvalue weighted by Crippen LogP contribution is 2.63. The molecule has 3 saturated carbocycles. The molecular formula is C18H20. The van der Waals surface area contributed by atoms with Crippen molar-refractivity contribution in [3.63, 3.8) is 0 Å². The topological polar surface area (TPSA) is 0 Å². The van der Waals surface area contributed by atoms with Gasteiger partial charge >= 0.3 is 0 Å². The Labute approximate surface area is 110 Å². The maximum atomic E-state index is 4.00. The Morgan fingerprint density at radius 2 is 0.778 bits per heavy atom. The van der Waals surface area contributed by atoms with Crippen LogP contribution in [0.5, 0.6) is 0 Å². The van der Waals surface area contributed by atoms with Crippen molar-refractivity contribution < 1.29 is 0 Å². The Morgan fingerprint density at radius 1 is 0.500 bits per heavy atom. The predicted molar refractivity (Wildman–Crippen MR) is 74.5 cm³/mol. The lowest BCUT2D eigenvalue weighted by molar-refractivity contribution is -0.0677. The van der Waals surface area contributed by atoms with Crippen molar-refractivity contribution in [2.45, 2.75) is 12.8 Å². The zero-order valence-corrected chi connectivity index (χ0v) is 10.7. The van der Waals surface area contributed by atoms with Gasteiger partial charge in [-0.15, -0.1) is 12.8 Å². The quantitative estimate of drug-likeness (QED) is 0.444. The molecule has 0 amide bonds. The highest BCUT2D eigenvalue weighted by Gasteiger charge is 2.56. The van der Waals surface area contributed by atoms with Crippen LogP contribution in [0.2, 0.25) is 0 Å². The molecule has 0 heteroatoms. The van der Waals surface area contributed by atoms with Crippen molar-refractivity contribution in [2.24, 2.45) is 47.3 Å². The van der Waals surface area contributed by atoms with Crippen molar-refractivity contribution in [3.05, 3.63) is 36.5 Å². The first-order chi connectivity index (χ1) is 8.93. The third-order valence-electron chi connectivity index (χ3n) is 6.26. The lowest BCUT2D eigenvalue weighted by Crippen LogP contribution is -2.55. The molecule has 0 spiro atoms. The molecule has 0 radical (unpaired) electrons. The summed E-state index contributed by atoms with van der Waals surface area (Å²) < 4.78 is 0. The van der Waals surface area contributed by atoms with E-state index < -0.39 is 0 Å². The lowest BCUT2D eigenvalue weighted by atomic mass is 9.43. The molecule has 0 aliphatic heterocycles. The van der Waals surface area contributed by atoms with Crippen LogP contribution in [-0.4, -0.2) is 0 Å². The zero-order valence-electron chi connectivity index (χ0n) is 10.7. The van der Waals surface area contributed by atoms with Gasteiger partial charge < -0.3 is 0 Å². The van der Waals surface area contributed by atoms with E-state index in [1.807, 2.05) is 0 Å². The van der Waals surface area contributed by atoms with Gasteiger partial charge in [-0.2, -0.15) is 0 Å². The predicted octanol–water partition coefficient (Wildman–Crippen LogP) is 3.68. The van der Waals surface area contributed by atoms with Crippen LogP contribution in [0.3, 0.4) is 0 Å². The summed E-state index contributed by atoms with van der Waals surface area (Å²) in [6.45, 7) is 0. The minimum absolute atomic E-state index is 0.977. The summed E-state index contributed by atoms with van der Waals surface area (Å²) in [6, 6.07) is 0. The number of hydrogen-bond acceptors (Lipinski definition) is 0. The Kier molecular flexibility index (Phi) is 2.16. The maximum Gasteiger partial charge on any atom is -0.00957 e. The summed E-state index contributed by atoms with van der Waals surface area (Å²) in [4.78, 5) is 0. The molecule has 0 bridgehead atoms. The standard InChI is InChI=1S/C8H10.C8H8.C2H2/c2*1-2-6-5(1)7-3-4-8(6)7;1-2/h1-2,5-8H,3-4H2;1-8H;1-2H. The number of allylic oxidation sites excluding steroid dienone is 6. The molecule has 0 N–H and O–H groups in total. The molecule has 6 aliphatic carbocycles. The van der Waals surface area contributed by atoms with E-state index in [4.69, 9.17) is 0 Å². The van der Waals surface area contributed by atoms with Crippen LogP contribution in [0.15, 0.2) is 36.5 Å². The molecule has 3 fully saturated rings. The average molecular weight is 236 g/mol. The SMILES string of the molecule is C#C.C1=CC2C1C1C=CC21.C1=CC2C1C1CCC21. The summed E-state index contributed by atoms with van der Waals surface area (Å²) in [6.07, 6.45) is 25.3. The molecule has 0 aromatic rings. The second-order valence-electron chi connectivity index (χ2n) is 6.52. The number of rotatable bonds is 0. The molecular weight excluding hydrogens is 216 g/mol. The second-order valence-corrected chi connectivity index (χ2v) is 6.52. The monoisotopic (exact) mass is 236 g/mol. The van der Waals surface area contributed by atoms with E-state index in [1.54, 1.807) is 0 Å². The third-order valence-corrected chi connectivity index (χ3v) is 6.26.